The van der Waals surface area contributed by atoms with Crippen LogP contribution in [0.2, 0.25) is 0 Å². The molecule has 0 amide bonds. The first kappa shape index (κ1) is 21.4. The van der Waals surface area contributed by atoms with E-state index < -0.39 is 0 Å². The summed E-state index contributed by atoms with van der Waals surface area (Å²) in [5.74, 6) is 1.70. The molecule has 0 spiro atoms. The summed E-state index contributed by atoms with van der Waals surface area (Å²) in [5, 5.41) is 3.78. The summed E-state index contributed by atoms with van der Waals surface area (Å²) in [6.45, 7) is 7.41. The Balaban J connectivity index is 1.52. The average molecular weight is 444 g/mol. The quantitative estimate of drug-likeness (QED) is 0.502. The zero-order valence-electron chi connectivity index (χ0n) is 19.5. The van der Waals surface area contributed by atoms with Gasteiger partial charge in [0.1, 0.15) is 11.5 Å². The van der Waals surface area contributed by atoms with Crippen LogP contribution in [-0.2, 0) is 10.2 Å². The third-order valence-electron chi connectivity index (χ3n) is 7.06. The van der Waals surface area contributed by atoms with Crippen LogP contribution in [0.4, 0.5) is 5.69 Å². The summed E-state index contributed by atoms with van der Waals surface area (Å²) >= 11 is 0. The maximum Gasteiger partial charge on any atom is 0.338 e. The number of carbonyl (C=O) groups is 1. The second-order valence-electron chi connectivity index (χ2n) is 9.19. The highest BCUT2D eigenvalue weighted by Gasteiger charge is 2.47. The minimum atomic E-state index is -0.293. The van der Waals surface area contributed by atoms with Crippen LogP contribution in [-0.4, -0.2) is 26.3 Å². The van der Waals surface area contributed by atoms with Crippen molar-refractivity contribution in [2.24, 2.45) is 5.92 Å². The topological polar surface area (TPSA) is 56.8 Å². The monoisotopic (exact) mass is 443 g/mol. The molecule has 2 atom stereocenters. The maximum atomic E-state index is 12.0. The molecule has 0 saturated heterocycles. The zero-order valence-corrected chi connectivity index (χ0v) is 19.5. The van der Waals surface area contributed by atoms with Gasteiger partial charge >= 0.3 is 5.97 Å². The van der Waals surface area contributed by atoms with Crippen LogP contribution in [0, 0.1) is 5.92 Å². The minimum absolute atomic E-state index is 0.113. The van der Waals surface area contributed by atoms with Gasteiger partial charge in [-0.1, -0.05) is 38.1 Å². The Labute approximate surface area is 194 Å². The van der Waals surface area contributed by atoms with Crippen molar-refractivity contribution < 1.29 is 19.0 Å². The Morgan fingerprint density at radius 1 is 1.09 bits per heavy atom. The zero-order chi connectivity index (χ0) is 23.2. The van der Waals surface area contributed by atoms with Crippen molar-refractivity contribution in [1.82, 2.24) is 0 Å². The Kier molecular flexibility index (Phi) is 5.28. The smallest absolute Gasteiger partial charge is 0.338 e. The highest BCUT2D eigenvalue weighted by Crippen LogP contribution is 2.54. The fraction of sp³-hybridized carbons (Fsp3) is 0.321. The van der Waals surface area contributed by atoms with Gasteiger partial charge in [0.05, 0.1) is 37.5 Å². The number of nitrogens with one attached hydrogen (secondary N) is 1. The molecule has 2 aliphatic rings. The molecule has 1 N–H and O–H groups in total. The van der Waals surface area contributed by atoms with Gasteiger partial charge in [0.25, 0.3) is 0 Å². The molecule has 5 rings (SSSR count). The molecule has 2 aliphatic heterocycles. The van der Waals surface area contributed by atoms with Crippen molar-refractivity contribution in [2.45, 2.75) is 32.2 Å². The number of esters is 1. The van der Waals surface area contributed by atoms with E-state index >= 15 is 0 Å². The molecule has 0 aliphatic carbocycles. The van der Waals surface area contributed by atoms with Gasteiger partial charge in [-0.05, 0) is 60.0 Å². The summed E-state index contributed by atoms with van der Waals surface area (Å²) in [5.41, 5.74) is 6.11. The van der Waals surface area contributed by atoms with Crippen molar-refractivity contribution in [1.29, 1.82) is 0 Å². The SMILES string of the molecule is CCOC(=O)c1ccc(-c2ccc3c(c2)C(C)(C)[C@@H]2COc4cccc(OC)c4[C@H]2N3)cc1. The molecule has 0 fully saturated rings. The van der Waals surface area contributed by atoms with Crippen molar-refractivity contribution in [2.75, 3.05) is 25.6 Å². The van der Waals surface area contributed by atoms with Crippen molar-refractivity contribution in [3.8, 4) is 22.6 Å². The number of ether oxygens (including phenoxy) is 3. The summed E-state index contributed by atoms with van der Waals surface area (Å²) < 4.78 is 17.0. The van der Waals surface area contributed by atoms with Crippen LogP contribution in [0.15, 0.2) is 60.7 Å². The highest BCUT2D eigenvalue weighted by atomic mass is 16.5. The third kappa shape index (κ3) is 3.52. The van der Waals surface area contributed by atoms with E-state index in [1.165, 1.54) is 5.56 Å². The van der Waals surface area contributed by atoms with E-state index in [1.807, 2.05) is 49.4 Å². The summed E-state index contributed by atoms with van der Waals surface area (Å²) in [6, 6.07) is 20.2. The van der Waals surface area contributed by atoms with Crippen molar-refractivity contribution >= 4 is 11.7 Å². The molecular formula is C28H29NO4. The van der Waals surface area contributed by atoms with E-state index in [1.54, 1.807) is 7.11 Å². The standard InChI is InChI=1S/C28H29NO4/c1-5-32-27(30)18-11-9-17(10-12-18)19-13-14-22-20(15-19)28(2,3)21-16-33-24-8-6-7-23(31-4)25(24)26(21)29-22/h6-15,21,26,29H,5,16H2,1-4H3/t21-,26+/m1/s1. The lowest BCUT2D eigenvalue weighted by Gasteiger charge is -2.48. The lowest BCUT2D eigenvalue weighted by molar-refractivity contribution is 0.0526. The predicted octanol–water partition coefficient (Wildman–Crippen LogP) is 5.99. The molecule has 0 unspecified atom stereocenters. The van der Waals surface area contributed by atoms with Gasteiger partial charge in [-0.2, -0.15) is 0 Å². The number of rotatable bonds is 4. The van der Waals surface area contributed by atoms with Crippen molar-refractivity contribution in [3.63, 3.8) is 0 Å². The van der Waals surface area contributed by atoms with Crippen LogP contribution >= 0.6 is 0 Å². The molecule has 5 heteroatoms. The molecule has 33 heavy (non-hydrogen) atoms. The van der Waals surface area contributed by atoms with E-state index in [9.17, 15) is 4.79 Å². The number of hydrogen-bond acceptors (Lipinski definition) is 5. The Morgan fingerprint density at radius 3 is 2.58 bits per heavy atom. The summed E-state index contributed by atoms with van der Waals surface area (Å²) in [6.07, 6.45) is 0. The van der Waals surface area contributed by atoms with E-state index in [2.05, 4.69) is 37.4 Å². The fourth-order valence-corrected chi connectivity index (χ4v) is 5.17. The second kappa shape index (κ2) is 8.14. The van der Waals surface area contributed by atoms with Crippen LogP contribution in [0.25, 0.3) is 11.1 Å². The first-order valence-electron chi connectivity index (χ1n) is 11.4. The molecule has 5 nitrogen and oxygen atoms in total. The molecule has 2 heterocycles. The summed E-state index contributed by atoms with van der Waals surface area (Å²) in [4.78, 5) is 12.0. The van der Waals surface area contributed by atoms with Crippen LogP contribution < -0.4 is 14.8 Å². The average Bonchev–Trinajstić information content (AvgIpc) is 2.83. The third-order valence-corrected chi connectivity index (χ3v) is 7.06. The van der Waals surface area contributed by atoms with Crippen LogP contribution in [0.5, 0.6) is 11.5 Å². The van der Waals surface area contributed by atoms with Gasteiger partial charge in [0.15, 0.2) is 0 Å². The first-order chi connectivity index (χ1) is 15.9. The minimum Gasteiger partial charge on any atom is -0.496 e. The molecule has 0 saturated carbocycles. The van der Waals surface area contributed by atoms with Crippen molar-refractivity contribution in [3.05, 3.63) is 77.4 Å². The number of anilines is 1. The van der Waals surface area contributed by atoms with Gasteiger partial charge in [-0.25, -0.2) is 4.79 Å². The van der Waals surface area contributed by atoms with Gasteiger partial charge in [-0.15, -0.1) is 0 Å². The van der Waals surface area contributed by atoms with Gasteiger partial charge in [-0.3, -0.25) is 0 Å². The first-order valence-corrected chi connectivity index (χ1v) is 11.4. The maximum absolute atomic E-state index is 12.0. The Morgan fingerprint density at radius 2 is 1.85 bits per heavy atom. The molecule has 0 radical (unpaired) electrons. The van der Waals surface area contributed by atoms with Gasteiger partial charge in [0, 0.05) is 17.0 Å². The number of fused-ring (bicyclic) bond motifs is 4. The van der Waals surface area contributed by atoms with Crippen LogP contribution in [0.1, 0.15) is 48.3 Å². The molecular weight excluding hydrogens is 414 g/mol. The number of hydrogen-bond donors (Lipinski definition) is 1. The molecule has 3 aromatic carbocycles. The van der Waals surface area contributed by atoms with E-state index in [0.717, 1.165) is 33.9 Å². The lowest BCUT2D eigenvalue weighted by Crippen LogP contribution is -2.46. The molecule has 0 bridgehead atoms. The number of methoxy groups -OCH3 is 1. The number of carbonyl (C=O) groups excluding carboxylic acids is 1. The van der Waals surface area contributed by atoms with Crippen LogP contribution in [0.3, 0.4) is 0 Å². The highest BCUT2D eigenvalue weighted by molar-refractivity contribution is 5.90. The lowest BCUT2D eigenvalue weighted by atomic mass is 9.65. The molecule has 0 aromatic heterocycles. The Bertz CT molecular complexity index is 1180. The second-order valence-corrected chi connectivity index (χ2v) is 9.19. The largest absolute Gasteiger partial charge is 0.496 e. The number of benzene rings is 3. The van der Waals surface area contributed by atoms with E-state index in [4.69, 9.17) is 14.2 Å². The fourth-order valence-electron chi connectivity index (χ4n) is 5.17. The molecule has 170 valence electrons. The summed E-state index contributed by atoms with van der Waals surface area (Å²) in [7, 11) is 1.71. The molecule has 3 aromatic rings. The Hall–Kier alpha value is -3.47. The van der Waals surface area contributed by atoms with Gasteiger partial charge in [0.2, 0.25) is 0 Å². The van der Waals surface area contributed by atoms with E-state index in [-0.39, 0.29) is 23.3 Å². The predicted molar refractivity (Wildman–Crippen MR) is 129 cm³/mol. The normalized spacial score (nSPS) is 19.8. The van der Waals surface area contributed by atoms with Gasteiger partial charge < -0.3 is 19.5 Å². The van der Waals surface area contributed by atoms with E-state index in [0.29, 0.717) is 18.8 Å².